The third-order valence-electron chi connectivity index (χ3n) is 9.69. The van der Waals surface area contributed by atoms with E-state index in [-0.39, 0.29) is 0 Å². The van der Waals surface area contributed by atoms with Crippen LogP contribution in [0.2, 0.25) is 0 Å². The molecule has 0 unspecified atom stereocenters. The van der Waals surface area contributed by atoms with Gasteiger partial charge in [-0.3, -0.25) is 4.57 Å². The van der Waals surface area contributed by atoms with Crippen LogP contribution in [-0.4, -0.2) is 19.1 Å². The number of ether oxygens (including phenoxy) is 1. The van der Waals surface area contributed by atoms with Crippen LogP contribution in [0, 0.1) is 0 Å². The molecule has 218 valence electrons. The van der Waals surface area contributed by atoms with E-state index in [9.17, 15) is 0 Å². The summed E-state index contributed by atoms with van der Waals surface area (Å²) in [7, 11) is 0. The summed E-state index contributed by atoms with van der Waals surface area (Å²) >= 11 is 0. The molecule has 0 fully saturated rings. The van der Waals surface area contributed by atoms with Crippen molar-refractivity contribution in [3.63, 3.8) is 0 Å². The molecule has 0 saturated heterocycles. The van der Waals surface area contributed by atoms with E-state index in [1.807, 2.05) is 30.3 Å². The van der Waals surface area contributed by atoms with Gasteiger partial charge in [0.25, 0.3) is 0 Å². The molecule has 0 atom stereocenters. The second kappa shape index (κ2) is 9.05. The average molecular weight is 601 g/mol. The van der Waals surface area contributed by atoms with Crippen LogP contribution in [0.4, 0.5) is 0 Å². The van der Waals surface area contributed by atoms with E-state index < -0.39 is 0 Å². The number of para-hydroxylation sites is 3. The molecule has 0 amide bonds. The summed E-state index contributed by atoms with van der Waals surface area (Å²) in [5.74, 6) is 2.23. The van der Waals surface area contributed by atoms with Crippen LogP contribution < -0.4 is 4.74 Å². The van der Waals surface area contributed by atoms with Gasteiger partial charge in [-0.15, -0.1) is 0 Å². The lowest BCUT2D eigenvalue weighted by molar-refractivity contribution is 0.486. The molecule has 1 aliphatic rings. The van der Waals surface area contributed by atoms with E-state index in [1.54, 1.807) is 0 Å². The zero-order chi connectivity index (χ0) is 30.6. The van der Waals surface area contributed by atoms with Crippen LogP contribution in [0.3, 0.4) is 0 Å². The lowest BCUT2D eigenvalue weighted by atomic mass is 10.0. The van der Waals surface area contributed by atoms with Crippen molar-refractivity contribution in [3.8, 4) is 34.4 Å². The fourth-order valence-corrected chi connectivity index (χ4v) is 7.63. The Labute approximate surface area is 268 Å². The zero-order valence-electron chi connectivity index (χ0n) is 25.1. The molecule has 0 bridgehead atoms. The van der Waals surface area contributed by atoms with E-state index in [0.717, 1.165) is 55.9 Å². The summed E-state index contributed by atoms with van der Waals surface area (Å²) in [6.45, 7) is 0. The van der Waals surface area contributed by atoms with E-state index in [0.29, 0.717) is 5.95 Å². The highest BCUT2D eigenvalue weighted by atomic mass is 16.5. The molecule has 0 aliphatic carbocycles. The minimum Gasteiger partial charge on any atom is -0.456 e. The Morgan fingerprint density at radius 3 is 1.98 bits per heavy atom. The molecule has 0 N–H and O–H groups in total. The van der Waals surface area contributed by atoms with Crippen molar-refractivity contribution < 1.29 is 4.74 Å². The third-order valence-corrected chi connectivity index (χ3v) is 9.69. The number of rotatable bonds is 2. The molecule has 10 aromatic rings. The van der Waals surface area contributed by atoms with Crippen LogP contribution in [0.5, 0.6) is 11.5 Å². The van der Waals surface area contributed by atoms with Gasteiger partial charge in [-0.25, -0.2) is 9.97 Å². The van der Waals surface area contributed by atoms with Crippen LogP contribution in [0.1, 0.15) is 0 Å². The first kappa shape index (κ1) is 24.8. The summed E-state index contributed by atoms with van der Waals surface area (Å²) in [6.07, 6.45) is 0. The number of hydrogen-bond donors (Lipinski definition) is 0. The summed E-state index contributed by atoms with van der Waals surface area (Å²) in [5.41, 5.74) is 8.30. The maximum atomic E-state index is 6.29. The molecule has 5 nitrogen and oxygen atoms in total. The van der Waals surface area contributed by atoms with Gasteiger partial charge in [-0.1, -0.05) is 84.9 Å². The highest BCUT2D eigenvalue weighted by molar-refractivity contribution is 6.19. The van der Waals surface area contributed by atoms with Gasteiger partial charge in [-0.05, 0) is 71.4 Å². The molecule has 7 aromatic carbocycles. The molecular weight excluding hydrogens is 576 g/mol. The number of aromatic nitrogens is 4. The van der Waals surface area contributed by atoms with E-state index >= 15 is 0 Å². The Morgan fingerprint density at radius 1 is 0.447 bits per heavy atom. The summed E-state index contributed by atoms with van der Waals surface area (Å²) in [4.78, 5) is 10.5. The fourth-order valence-electron chi connectivity index (χ4n) is 7.63. The van der Waals surface area contributed by atoms with Gasteiger partial charge in [0.1, 0.15) is 11.5 Å². The van der Waals surface area contributed by atoms with Crippen molar-refractivity contribution in [2.75, 3.05) is 0 Å². The molecule has 1 aliphatic heterocycles. The Kier molecular flexibility index (Phi) is 4.78. The second-order valence-electron chi connectivity index (χ2n) is 12.2. The number of nitrogens with zero attached hydrogens (tertiary/aromatic N) is 4. The summed E-state index contributed by atoms with van der Waals surface area (Å²) in [6, 6.07) is 51.4. The number of hydrogen-bond acceptors (Lipinski definition) is 3. The minimum atomic E-state index is 0.639. The Bertz CT molecular complexity index is 2950. The Hall–Kier alpha value is -6.46. The SMILES string of the molecule is c1ccc2c(c1)Oc1cccc3nc(-n4c5ccccc5c5cc6c7ccccc7n(-c7ccc8ccccc8c7)c6cc54)nc-2c13. The third kappa shape index (κ3) is 3.37. The van der Waals surface area contributed by atoms with Crippen LogP contribution in [0.25, 0.3) is 88.2 Å². The standard InChI is InChI=1S/C42H24N4O/c1-2-11-26-22-27(21-20-25(26)10-1)45-34-16-6-3-12-28(34)31-23-32-29-13-4-7-17-35(29)46(37(32)24-36(31)45)42-43-33-15-9-19-39-40(33)41(44-42)30-14-5-8-18-38(30)47-39/h1-24H. The molecule has 3 aromatic heterocycles. The summed E-state index contributed by atoms with van der Waals surface area (Å²) < 4.78 is 10.9. The zero-order valence-corrected chi connectivity index (χ0v) is 25.1. The van der Waals surface area contributed by atoms with Crippen molar-refractivity contribution >= 4 is 65.3 Å². The van der Waals surface area contributed by atoms with Gasteiger partial charge >= 0.3 is 0 Å². The molecule has 11 rings (SSSR count). The van der Waals surface area contributed by atoms with Gasteiger partial charge in [0.05, 0.1) is 38.7 Å². The van der Waals surface area contributed by atoms with Crippen molar-refractivity contribution in [2.24, 2.45) is 0 Å². The molecule has 5 heteroatoms. The van der Waals surface area contributed by atoms with Gasteiger partial charge < -0.3 is 9.30 Å². The topological polar surface area (TPSA) is 44.9 Å². The van der Waals surface area contributed by atoms with Crippen molar-refractivity contribution in [3.05, 3.63) is 146 Å². The van der Waals surface area contributed by atoms with Crippen molar-refractivity contribution in [1.82, 2.24) is 19.1 Å². The van der Waals surface area contributed by atoms with Gasteiger partial charge in [0.2, 0.25) is 5.95 Å². The number of benzene rings is 7. The predicted octanol–water partition coefficient (Wildman–Crippen LogP) is 10.7. The van der Waals surface area contributed by atoms with Gasteiger partial charge in [0.15, 0.2) is 0 Å². The highest BCUT2D eigenvalue weighted by Crippen LogP contribution is 2.46. The normalized spacial score (nSPS) is 12.4. The molecular formula is C42H24N4O. The van der Waals surface area contributed by atoms with Crippen molar-refractivity contribution in [2.45, 2.75) is 0 Å². The maximum Gasteiger partial charge on any atom is 0.235 e. The molecule has 4 heterocycles. The summed E-state index contributed by atoms with van der Waals surface area (Å²) in [5, 5.41) is 8.17. The lowest BCUT2D eigenvalue weighted by Crippen LogP contribution is -2.06. The maximum absolute atomic E-state index is 6.29. The predicted molar refractivity (Wildman–Crippen MR) is 191 cm³/mol. The fraction of sp³-hybridized carbons (Fsp3) is 0. The second-order valence-corrected chi connectivity index (χ2v) is 12.2. The van der Waals surface area contributed by atoms with E-state index in [1.165, 1.54) is 37.8 Å². The van der Waals surface area contributed by atoms with Crippen molar-refractivity contribution in [1.29, 1.82) is 0 Å². The quantitative estimate of drug-likeness (QED) is 0.198. The first-order valence-electron chi connectivity index (χ1n) is 15.8. The molecule has 0 radical (unpaired) electrons. The first-order chi connectivity index (χ1) is 23.3. The molecule has 0 saturated carbocycles. The number of fused-ring (bicyclic) bond motifs is 9. The highest BCUT2D eigenvalue weighted by Gasteiger charge is 2.25. The average Bonchev–Trinajstić information content (AvgIpc) is 3.62. The monoisotopic (exact) mass is 600 g/mol. The Morgan fingerprint density at radius 2 is 1.13 bits per heavy atom. The first-order valence-corrected chi connectivity index (χ1v) is 15.8. The molecule has 0 spiro atoms. The Balaban J connectivity index is 1.27. The van der Waals surface area contributed by atoms with E-state index in [4.69, 9.17) is 14.7 Å². The minimum absolute atomic E-state index is 0.639. The van der Waals surface area contributed by atoms with Gasteiger partial charge in [-0.2, -0.15) is 0 Å². The van der Waals surface area contributed by atoms with Crippen LogP contribution >= 0.6 is 0 Å². The lowest BCUT2D eigenvalue weighted by Gasteiger charge is -2.21. The largest absolute Gasteiger partial charge is 0.456 e. The van der Waals surface area contributed by atoms with Crippen LogP contribution in [0.15, 0.2) is 146 Å². The van der Waals surface area contributed by atoms with Gasteiger partial charge in [0, 0.05) is 32.8 Å². The molecule has 47 heavy (non-hydrogen) atoms. The smallest absolute Gasteiger partial charge is 0.235 e. The van der Waals surface area contributed by atoms with E-state index in [2.05, 4.69) is 124 Å². The van der Waals surface area contributed by atoms with Crippen LogP contribution in [-0.2, 0) is 0 Å².